The number of hydrazone groups is 1. The predicted octanol–water partition coefficient (Wildman–Crippen LogP) is 1.40. The minimum Gasteiger partial charge on any atom is -0.504 e. The lowest BCUT2D eigenvalue weighted by molar-refractivity contribution is 0.373. The second kappa shape index (κ2) is 6.35. The molecule has 1 heterocycles. The van der Waals surface area contributed by atoms with Crippen molar-refractivity contribution in [2.24, 2.45) is 5.10 Å². The Balaban J connectivity index is 2.24. The van der Waals surface area contributed by atoms with Gasteiger partial charge in [-0.2, -0.15) is 15.2 Å². The molecular formula is C12H12BrN5O3. The average molecular weight is 354 g/mol. The maximum atomic E-state index is 11.1. The molecule has 0 saturated heterocycles. The molecule has 3 N–H and O–H groups in total. The topological polar surface area (TPSA) is 112 Å². The van der Waals surface area contributed by atoms with Crippen molar-refractivity contribution in [3.8, 4) is 11.5 Å². The standard InChI is InChI=1S/C12H12BrN5O3/c1-6-11(15-12(20)18-16-6)17-14-5-7-3-8(13)4-9(21-2)10(7)19/h3-5,19H,1-2H3,(H2,15,17,18,20). The van der Waals surface area contributed by atoms with Gasteiger partial charge in [0, 0.05) is 10.0 Å². The van der Waals surface area contributed by atoms with Crippen LogP contribution in [-0.4, -0.2) is 33.6 Å². The minimum atomic E-state index is -0.578. The van der Waals surface area contributed by atoms with Crippen LogP contribution in [0.4, 0.5) is 5.82 Å². The third-order valence-electron chi connectivity index (χ3n) is 2.54. The molecule has 9 heteroatoms. The molecule has 0 aliphatic carbocycles. The summed E-state index contributed by atoms with van der Waals surface area (Å²) in [4.78, 5) is 14.8. The number of aromatic hydroxyl groups is 1. The van der Waals surface area contributed by atoms with Crippen LogP contribution >= 0.6 is 15.9 Å². The summed E-state index contributed by atoms with van der Waals surface area (Å²) in [5.41, 5.74) is 2.94. The van der Waals surface area contributed by atoms with Crippen molar-refractivity contribution in [1.82, 2.24) is 15.2 Å². The van der Waals surface area contributed by atoms with E-state index in [-0.39, 0.29) is 11.6 Å². The SMILES string of the molecule is COc1cc(Br)cc(C=NNc2nc(=O)[nH]nc2C)c1O. The van der Waals surface area contributed by atoms with E-state index >= 15 is 0 Å². The van der Waals surface area contributed by atoms with Crippen molar-refractivity contribution < 1.29 is 9.84 Å². The molecule has 0 amide bonds. The van der Waals surface area contributed by atoms with Gasteiger partial charge >= 0.3 is 5.69 Å². The van der Waals surface area contributed by atoms with Crippen molar-refractivity contribution in [1.29, 1.82) is 0 Å². The number of anilines is 1. The van der Waals surface area contributed by atoms with Crippen LogP contribution in [0.25, 0.3) is 0 Å². The number of phenolic OH excluding ortho intramolecular Hbond substituents is 1. The molecule has 0 aliphatic heterocycles. The van der Waals surface area contributed by atoms with Gasteiger partial charge in [-0.15, -0.1) is 0 Å². The second-order valence-corrected chi connectivity index (χ2v) is 4.91. The van der Waals surface area contributed by atoms with Crippen LogP contribution in [0.2, 0.25) is 0 Å². The van der Waals surface area contributed by atoms with Gasteiger partial charge in [0.2, 0.25) is 0 Å². The highest BCUT2D eigenvalue weighted by molar-refractivity contribution is 9.10. The number of aromatic amines is 1. The first-order valence-electron chi connectivity index (χ1n) is 5.80. The van der Waals surface area contributed by atoms with E-state index in [1.54, 1.807) is 19.1 Å². The lowest BCUT2D eigenvalue weighted by Crippen LogP contribution is -2.15. The van der Waals surface area contributed by atoms with E-state index in [0.717, 1.165) is 4.47 Å². The number of nitrogens with zero attached hydrogens (tertiary/aromatic N) is 3. The number of methoxy groups -OCH3 is 1. The summed E-state index contributed by atoms with van der Waals surface area (Å²) in [6, 6.07) is 3.30. The Kier molecular flexibility index (Phi) is 4.53. The Hall–Kier alpha value is -2.42. The molecule has 0 atom stereocenters. The zero-order valence-electron chi connectivity index (χ0n) is 11.2. The Morgan fingerprint density at radius 2 is 2.29 bits per heavy atom. The van der Waals surface area contributed by atoms with Crippen LogP contribution in [0, 0.1) is 6.92 Å². The highest BCUT2D eigenvalue weighted by atomic mass is 79.9. The lowest BCUT2D eigenvalue weighted by atomic mass is 10.2. The van der Waals surface area contributed by atoms with Crippen LogP contribution < -0.4 is 15.9 Å². The molecule has 0 spiro atoms. The van der Waals surface area contributed by atoms with Crippen molar-refractivity contribution in [2.45, 2.75) is 6.92 Å². The third-order valence-corrected chi connectivity index (χ3v) is 3.00. The van der Waals surface area contributed by atoms with Crippen molar-refractivity contribution >= 4 is 28.0 Å². The molecule has 0 saturated carbocycles. The molecule has 21 heavy (non-hydrogen) atoms. The highest BCUT2D eigenvalue weighted by Gasteiger charge is 2.08. The summed E-state index contributed by atoms with van der Waals surface area (Å²) >= 11 is 3.30. The fraction of sp³-hybridized carbons (Fsp3) is 0.167. The first-order valence-corrected chi connectivity index (χ1v) is 6.59. The second-order valence-electron chi connectivity index (χ2n) is 3.99. The fourth-order valence-electron chi connectivity index (χ4n) is 1.51. The van der Waals surface area contributed by atoms with E-state index < -0.39 is 5.69 Å². The normalized spacial score (nSPS) is 10.8. The monoisotopic (exact) mass is 353 g/mol. The number of hydrogen-bond acceptors (Lipinski definition) is 7. The predicted molar refractivity (Wildman–Crippen MR) is 81.0 cm³/mol. The van der Waals surface area contributed by atoms with E-state index in [2.05, 4.69) is 41.6 Å². The largest absolute Gasteiger partial charge is 0.504 e. The van der Waals surface area contributed by atoms with E-state index in [4.69, 9.17) is 4.74 Å². The number of ether oxygens (including phenoxy) is 1. The van der Waals surface area contributed by atoms with E-state index in [0.29, 0.717) is 17.0 Å². The van der Waals surface area contributed by atoms with E-state index in [1.165, 1.54) is 13.3 Å². The Morgan fingerprint density at radius 1 is 1.52 bits per heavy atom. The number of hydrogen-bond donors (Lipinski definition) is 3. The molecule has 0 unspecified atom stereocenters. The van der Waals surface area contributed by atoms with E-state index in [1.807, 2.05) is 0 Å². The molecule has 8 nitrogen and oxygen atoms in total. The van der Waals surface area contributed by atoms with Gasteiger partial charge in [0.05, 0.1) is 13.3 Å². The molecular weight excluding hydrogens is 342 g/mol. The van der Waals surface area contributed by atoms with Crippen LogP contribution in [0.15, 0.2) is 26.5 Å². The van der Waals surface area contributed by atoms with Gasteiger partial charge in [-0.05, 0) is 19.1 Å². The lowest BCUT2D eigenvalue weighted by Gasteiger charge is -2.07. The van der Waals surface area contributed by atoms with Gasteiger partial charge < -0.3 is 9.84 Å². The zero-order chi connectivity index (χ0) is 15.4. The van der Waals surface area contributed by atoms with Gasteiger partial charge in [0.15, 0.2) is 17.3 Å². The number of halogens is 1. The molecule has 2 rings (SSSR count). The number of H-pyrrole nitrogens is 1. The molecule has 1 aromatic heterocycles. The maximum absolute atomic E-state index is 11.1. The average Bonchev–Trinajstić information content (AvgIpc) is 2.45. The Bertz CT molecular complexity index is 744. The minimum absolute atomic E-state index is 0.0417. The van der Waals surface area contributed by atoms with Crippen molar-refractivity contribution in [2.75, 3.05) is 12.5 Å². The Morgan fingerprint density at radius 3 is 3.00 bits per heavy atom. The fourth-order valence-corrected chi connectivity index (χ4v) is 1.96. The van der Waals surface area contributed by atoms with Crippen LogP contribution in [0.3, 0.4) is 0 Å². The Labute approximate surface area is 128 Å². The van der Waals surface area contributed by atoms with Gasteiger partial charge in [0.1, 0.15) is 5.69 Å². The first-order chi connectivity index (χ1) is 10.0. The molecule has 2 aromatic rings. The van der Waals surface area contributed by atoms with E-state index in [9.17, 15) is 9.90 Å². The molecule has 110 valence electrons. The summed E-state index contributed by atoms with van der Waals surface area (Å²) in [5, 5.41) is 19.8. The number of benzene rings is 1. The maximum Gasteiger partial charge on any atom is 0.363 e. The smallest absolute Gasteiger partial charge is 0.363 e. The molecule has 0 bridgehead atoms. The number of aromatic nitrogens is 3. The van der Waals surface area contributed by atoms with Crippen molar-refractivity contribution in [3.05, 3.63) is 38.3 Å². The third kappa shape index (κ3) is 3.57. The quantitative estimate of drug-likeness (QED) is 0.565. The van der Waals surface area contributed by atoms with Gasteiger partial charge in [-0.3, -0.25) is 5.43 Å². The summed E-state index contributed by atoms with van der Waals surface area (Å²) in [6.07, 6.45) is 1.38. The van der Waals surface area contributed by atoms with Crippen LogP contribution in [0.5, 0.6) is 11.5 Å². The highest BCUT2D eigenvalue weighted by Crippen LogP contribution is 2.32. The zero-order valence-corrected chi connectivity index (χ0v) is 12.8. The summed E-state index contributed by atoms with van der Waals surface area (Å²) in [6.45, 7) is 1.67. The number of phenols is 1. The number of nitrogens with one attached hydrogen (secondary N) is 2. The molecule has 0 fully saturated rings. The van der Waals surface area contributed by atoms with Crippen LogP contribution in [-0.2, 0) is 0 Å². The number of rotatable bonds is 4. The summed E-state index contributed by atoms with van der Waals surface area (Å²) in [7, 11) is 1.45. The number of aryl methyl sites for hydroxylation is 1. The summed E-state index contributed by atoms with van der Waals surface area (Å²) < 4.78 is 5.76. The molecule has 0 aliphatic rings. The van der Waals surface area contributed by atoms with Gasteiger partial charge in [-0.25, -0.2) is 9.89 Å². The van der Waals surface area contributed by atoms with Crippen LogP contribution in [0.1, 0.15) is 11.3 Å². The van der Waals surface area contributed by atoms with Gasteiger partial charge in [0.25, 0.3) is 0 Å². The summed E-state index contributed by atoms with van der Waals surface area (Å²) in [5.74, 6) is 0.509. The van der Waals surface area contributed by atoms with Crippen molar-refractivity contribution in [3.63, 3.8) is 0 Å². The first kappa shape index (κ1) is 15.0. The van der Waals surface area contributed by atoms with Gasteiger partial charge in [-0.1, -0.05) is 15.9 Å². The molecule has 1 aromatic carbocycles. The molecule has 0 radical (unpaired) electrons.